The Hall–Kier alpha value is -5.64. The first-order chi connectivity index (χ1) is 24.5. The Kier molecular flexibility index (Phi) is 15.9. The summed E-state index contributed by atoms with van der Waals surface area (Å²) in [6.45, 7) is 1.12. The highest BCUT2D eigenvalue weighted by molar-refractivity contribution is 5.86. The quantitative estimate of drug-likeness (QED) is 0.0919. The minimum atomic E-state index is -0.788. The molecule has 10 nitrogen and oxygen atoms in total. The monoisotopic (exact) mass is 678 g/mol. The Morgan fingerprint density at radius 1 is 0.440 bits per heavy atom. The Labute approximate surface area is 294 Å². The Morgan fingerprint density at radius 3 is 1.10 bits per heavy atom. The topological polar surface area (TPSA) is 135 Å². The maximum Gasteiger partial charge on any atom is 0.408 e. The summed E-state index contributed by atoms with van der Waals surface area (Å²) in [5, 5.41) is 11.3. The highest BCUT2D eigenvalue weighted by atomic mass is 16.6. The first-order valence-corrected chi connectivity index (χ1v) is 17.0. The van der Waals surface area contributed by atoms with Crippen LogP contribution < -0.4 is 21.3 Å². The van der Waals surface area contributed by atoms with Crippen LogP contribution in [0.5, 0.6) is 0 Å². The van der Waals surface area contributed by atoms with E-state index in [0.717, 1.165) is 47.9 Å². The summed E-state index contributed by atoms with van der Waals surface area (Å²) in [6.07, 6.45) is 2.50. The molecule has 0 fully saturated rings. The van der Waals surface area contributed by atoms with E-state index in [9.17, 15) is 19.2 Å². The van der Waals surface area contributed by atoms with Gasteiger partial charge in [-0.05, 0) is 35.1 Å². The van der Waals surface area contributed by atoms with Crippen LogP contribution in [0.1, 0.15) is 47.9 Å². The maximum absolute atomic E-state index is 13.1. The van der Waals surface area contributed by atoms with E-state index in [1.807, 2.05) is 121 Å². The smallest absolute Gasteiger partial charge is 0.408 e. The zero-order chi connectivity index (χ0) is 35.2. The van der Waals surface area contributed by atoms with Crippen LogP contribution >= 0.6 is 0 Å². The number of rotatable bonds is 19. The van der Waals surface area contributed by atoms with E-state index < -0.39 is 24.3 Å². The standard InChI is InChI=1S/C40H46N4O6/c45-37(35(27-31-17-7-3-8-18-31)43-39(47)49-29-33-21-11-5-12-22-33)41-25-15-1-2-16-26-42-38(46)36(28-32-19-9-4-10-20-32)44-40(48)50-30-34-23-13-6-14-24-34/h3-14,17-24,35-36H,1-2,15-16,25-30H2,(H,41,45)(H,42,46)(H,43,47)(H,44,48)/t35-,36-/m0/s1. The van der Waals surface area contributed by atoms with Gasteiger partial charge in [0.25, 0.3) is 0 Å². The molecule has 0 spiro atoms. The van der Waals surface area contributed by atoms with Crippen LogP contribution in [-0.4, -0.2) is 49.2 Å². The minimum absolute atomic E-state index is 0.109. The number of carbonyl (C=O) groups excluding carboxylic acids is 4. The van der Waals surface area contributed by atoms with Crippen molar-refractivity contribution in [1.29, 1.82) is 0 Å². The zero-order valence-electron chi connectivity index (χ0n) is 28.2. The van der Waals surface area contributed by atoms with E-state index in [1.165, 1.54) is 0 Å². The molecular weight excluding hydrogens is 632 g/mol. The molecule has 4 aromatic rings. The SMILES string of the molecule is O=C(N[C@@H](Cc1ccccc1)C(=O)NCCCCCCNC(=O)[C@H](Cc1ccccc1)NC(=O)OCc1ccccc1)OCc1ccccc1. The molecule has 4 amide bonds. The lowest BCUT2D eigenvalue weighted by atomic mass is 10.1. The van der Waals surface area contributed by atoms with Crippen molar-refractivity contribution in [2.45, 2.75) is 63.8 Å². The van der Waals surface area contributed by atoms with Crippen LogP contribution in [0.3, 0.4) is 0 Å². The molecule has 0 aliphatic heterocycles. The predicted octanol–water partition coefficient (Wildman–Crippen LogP) is 5.85. The van der Waals surface area contributed by atoms with Crippen molar-refractivity contribution in [1.82, 2.24) is 21.3 Å². The first kappa shape index (κ1) is 37.2. The van der Waals surface area contributed by atoms with Gasteiger partial charge in [0, 0.05) is 25.9 Å². The molecule has 10 heteroatoms. The van der Waals surface area contributed by atoms with Crippen LogP contribution in [0.15, 0.2) is 121 Å². The molecule has 4 N–H and O–H groups in total. The van der Waals surface area contributed by atoms with Crippen molar-refractivity contribution in [3.63, 3.8) is 0 Å². The van der Waals surface area contributed by atoms with Crippen molar-refractivity contribution in [3.8, 4) is 0 Å². The molecule has 0 unspecified atom stereocenters. The molecule has 0 aromatic heterocycles. The summed E-state index contributed by atoms with van der Waals surface area (Å²) < 4.78 is 10.7. The molecule has 0 bridgehead atoms. The van der Waals surface area contributed by atoms with Gasteiger partial charge in [-0.15, -0.1) is 0 Å². The molecule has 50 heavy (non-hydrogen) atoms. The molecule has 0 saturated carbocycles. The van der Waals surface area contributed by atoms with Gasteiger partial charge in [0.1, 0.15) is 25.3 Å². The average Bonchev–Trinajstić information content (AvgIpc) is 3.15. The number of carbonyl (C=O) groups is 4. The third-order valence-electron chi connectivity index (χ3n) is 7.91. The van der Waals surface area contributed by atoms with Gasteiger partial charge >= 0.3 is 12.2 Å². The second-order valence-corrected chi connectivity index (χ2v) is 11.9. The Balaban J connectivity index is 1.16. The fraction of sp³-hybridized carbons (Fsp3) is 0.300. The molecule has 262 valence electrons. The van der Waals surface area contributed by atoms with Gasteiger partial charge in [0.2, 0.25) is 11.8 Å². The highest BCUT2D eigenvalue weighted by Gasteiger charge is 2.23. The highest BCUT2D eigenvalue weighted by Crippen LogP contribution is 2.08. The average molecular weight is 679 g/mol. The van der Waals surface area contributed by atoms with Crippen LogP contribution in [-0.2, 0) is 45.1 Å². The summed E-state index contributed by atoms with van der Waals surface area (Å²) in [7, 11) is 0. The molecule has 0 aliphatic rings. The summed E-state index contributed by atoms with van der Waals surface area (Å²) in [6, 6.07) is 36.1. The first-order valence-electron chi connectivity index (χ1n) is 17.0. The molecule has 4 aromatic carbocycles. The van der Waals surface area contributed by atoms with Crippen LogP contribution in [0, 0.1) is 0 Å². The normalized spacial score (nSPS) is 11.8. The second-order valence-electron chi connectivity index (χ2n) is 11.9. The minimum Gasteiger partial charge on any atom is -0.445 e. The van der Waals surface area contributed by atoms with E-state index >= 15 is 0 Å². The molecule has 2 atom stereocenters. The zero-order valence-corrected chi connectivity index (χ0v) is 28.2. The van der Waals surface area contributed by atoms with Crippen LogP contribution in [0.2, 0.25) is 0 Å². The number of alkyl carbamates (subject to hydrolysis) is 2. The van der Waals surface area contributed by atoms with Crippen molar-refractivity contribution < 1.29 is 28.7 Å². The largest absolute Gasteiger partial charge is 0.445 e. The number of amides is 4. The number of hydrogen-bond acceptors (Lipinski definition) is 6. The van der Waals surface area contributed by atoms with Gasteiger partial charge in [-0.1, -0.05) is 134 Å². The molecule has 0 radical (unpaired) electrons. The summed E-state index contributed by atoms with van der Waals surface area (Å²) in [4.78, 5) is 51.3. The van der Waals surface area contributed by atoms with E-state index in [4.69, 9.17) is 9.47 Å². The van der Waals surface area contributed by atoms with E-state index in [0.29, 0.717) is 25.9 Å². The predicted molar refractivity (Wildman–Crippen MR) is 192 cm³/mol. The van der Waals surface area contributed by atoms with E-state index in [1.54, 1.807) is 0 Å². The lowest BCUT2D eigenvalue weighted by Crippen LogP contribution is -2.48. The van der Waals surface area contributed by atoms with E-state index in [-0.39, 0.29) is 25.0 Å². The molecule has 0 aliphatic carbocycles. The van der Waals surface area contributed by atoms with Gasteiger partial charge in [-0.3, -0.25) is 9.59 Å². The Morgan fingerprint density at radius 2 is 0.760 bits per heavy atom. The third-order valence-corrected chi connectivity index (χ3v) is 7.91. The van der Waals surface area contributed by atoms with Gasteiger partial charge in [-0.2, -0.15) is 0 Å². The number of unbranched alkanes of at least 4 members (excludes halogenated alkanes) is 3. The molecule has 0 saturated heterocycles. The maximum atomic E-state index is 13.1. The van der Waals surface area contributed by atoms with Crippen LogP contribution in [0.25, 0.3) is 0 Å². The van der Waals surface area contributed by atoms with Crippen molar-refractivity contribution >= 4 is 24.0 Å². The second kappa shape index (κ2) is 21.4. The van der Waals surface area contributed by atoms with E-state index in [2.05, 4.69) is 21.3 Å². The summed E-state index contributed by atoms with van der Waals surface area (Å²) in [5.74, 6) is -0.561. The molecular formula is C40H46N4O6. The van der Waals surface area contributed by atoms with Gasteiger partial charge in [-0.25, -0.2) is 9.59 Å². The summed E-state index contributed by atoms with van der Waals surface area (Å²) >= 11 is 0. The fourth-order valence-electron chi connectivity index (χ4n) is 5.21. The van der Waals surface area contributed by atoms with Crippen LogP contribution in [0.4, 0.5) is 9.59 Å². The Bertz CT molecular complexity index is 1470. The lowest BCUT2D eigenvalue weighted by Gasteiger charge is -2.19. The summed E-state index contributed by atoms with van der Waals surface area (Å²) in [5.41, 5.74) is 3.55. The number of ether oxygens (including phenoxy) is 2. The van der Waals surface area contributed by atoms with Gasteiger partial charge in [0.05, 0.1) is 0 Å². The fourth-order valence-corrected chi connectivity index (χ4v) is 5.21. The number of nitrogens with one attached hydrogen (secondary N) is 4. The number of hydrogen-bond donors (Lipinski definition) is 4. The molecule has 0 heterocycles. The third kappa shape index (κ3) is 14.2. The van der Waals surface area contributed by atoms with Gasteiger partial charge < -0.3 is 30.7 Å². The van der Waals surface area contributed by atoms with Gasteiger partial charge in [0.15, 0.2) is 0 Å². The van der Waals surface area contributed by atoms with Crippen molar-refractivity contribution in [3.05, 3.63) is 144 Å². The van der Waals surface area contributed by atoms with Crippen molar-refractivity contribution in [2.75, 3.05) is 13.1 Å². The lowest BCUT2D eigenvalue weighted by molar-refractivity contribution is -0.123. The number of benzene rings is 4. The van der Waals surface area contributed by atoms with Crippen molar-refractivity contribution in [2.24, 2.45) is 0 Å². The molecule has 4 rings (SSSR count).